The summed E-state index contributed by atoms with van der Waals surface area (Å²) in [7, 11) is 5.05. The fraction of sp³-hybridized carbons (Fsp3) is 0.250. The standard InChI is InChI=1S/C24H25N5O4/c1-29-12-11-25-23(29)22(17-13-18(31-2)15-19(14-17)32-3)26-20(30)9-10-21-27-28-24(33-21)16-7-5-4-6-8-16/h4-8,11-15,22H,9-10H2,1-3H3,(H,26,30)/t22-/m1/s1. The van der Waals surface area contributed by atoms with Crippen LogP contribution in [-0.4, -0.2) is 39.9 Å². The fourth-order valence-corrected chi connectivity index (χ4v) is 3.45. The fourth-order valence-electron chi connectivity index (χ4n) is 3.45. The van der Waals surface area contributed by atoms with Gasteiger partial charge in [0, 0.05) is 43.9 Å². The number of nitrogens with zero attached hydrogens (tertiary/aromatic N) is 4. The van der Waals surface area contributed by atoms with Crippen molar-refractivity contribution in [2.45, 2.75) is 18.9 Å². The van der Waals surface area contributed by atoms with Gasteiger partial charge in [-0.2, -0.15) is 0 Å². The lowest BCUT2D eigenvalue weighted by Gasteiger charge is -2.20. The second kappa shape index (κ2) is 9.99. The molecule has 2 heterocycles. The summed E-state index contributed by atoms with van der Waals surface area (Å²) >= 11 is 0. The Kier molecular flexibility index (Phi) is 6.68. The predicted molar refractivity (Wildman–Crippen MR) is 121 cm³/mol. The van der Waals surface area contributed by atoms with Gasteiger partial charge in [0.25, 0.3) is 0 Å². The van der Waals surface area contributed by atoms with Crippen LogP contribution < -0.4 is 14.8 Å². The van der Waals surface area contributed by atoms with Gasteiger partial charge in [-0.1, -0.05) is 18.2 Å². The van der Waals surface area contributed by atoms with Crippen molar-refractivity contribution in [3.05, 3.63) is 78.2 Å². The highest BCUT2D eigenvalue weighted by molar-refractivity contribution is 5.77. The molecule has 0 radical (unpaired) electrons. The maximum Gasteiger partial charge on any atom is 0.247 e. The zero-order valence-electron chi connectivity index (χ0n) is 18.7. The molecule has 2 aromatic carbocycles. The number of aryl methyl sites for hydroxylation is 2. The number of amides is 1. The molecule has 1 amide bonds. The van der Waals surface area contributed by atoms with Gasteiger partial charge >= 0.3 is 0 Å². The lowest BCUT2D eigenvalue weighted by atomic mass is 10.0. The number of carbonyl (C=O) groups is 1. The van der Waals surface area contributed by atoms with Crippen LogP contribution in [0.1, 0.15) is 29.7 Å². The van der Waals surface area contributed by atoms with Gasteiger partial charge in [0.15, 0.2) is 0 Å². The van der Waals surface area contributed by atoms with Crippen molar-refractivity contribution in [1.29, 1.82) is 0 Å². The first-order valence-corrected chi connectivity index (χ1v) is 10.4. The normalized spacial score (nSPS) is 11.7. The van der Waals surface area contributed by atoms with Crippen molar-refractivity contribution >= 4 is 5.91 Å². The van der Waals surface area contributed by atoms with Gasteiger partial charge in [-0.25, -0.2) is 4.98 Å². The van der Waals surface area contributed by atoms with Gasteiger partial charge < -0.3 is 23.8 Å². The average molecular weight is 447 g/mol. The molecule has 2 aromatic heterocycles. The summed E-state index contributed by atoms with van der Waals surface area (Å²) in [6.45, 7) is 0. The van der Waals surface area contributed by atoms with Gasteiger partial charge in [0.05, 0.1) is 14.2 Å². The van der Waals surface area contributed by atoms with Crippen LogP contribution in [0.25, 0.3) is 11.5 Å². The van der Waals surface area contributed by atoms with E-state index in [1.165, 1.54) is 0 Å². The number of benzene rings is 2. The molecule has 0 fully saturated rings. The molecule has 4 aromatic rings. The molecule has 0 bridgehead atoms. The van der Waals surface area contributed by atoms with Crippen LogP contribution in [0.4, 0.5) is 0 Å². The number of rotatable bonds is 9. The summed E-state index contributed by atoms with van der Waals surface area (Å²) in [5.41, 5.74) is 1.63. The number of carbonyl (C=O) groups excluding carboxylic acids is 1. The third-order valence-corrected chi connectivity index (χ3v) is 5.18. The molecule has 0 unspecified atom stereocenters. The second-order valence-corrected chi connectivity index (χ2v) is 7.41. The summed E-state index contributed by atoms with van der Waals surface area (Å²) in [5, 5.41) is 11.2. The number of ether oxygens (including phenoxy) is 2. The maximum atomic E-state index is 12.9. The molecule has 4 rings (SSSR count). The number of nitrogens with one attached hydrogen (secondary N) is 1. The van der Waals surface area contributed by atoms with Crippen molar-refractivity contribution in [2.75, 3.05) is 14.2 Å². The Hall–Kier alpha value is -4.14. The Labute approximate surface area is 191 Å². The van der Waals surface area contributed by atoms with E-state index in [1.54, 1.807) is 26.5 Å². The molecule has 9 nitrogen and oxygen atoms in total. The first kappa shape index (κ1) is 22.1. The Morgan fingerprint density at radius 1 is 1.09 bits per heavy atom. The lowest BCUT2D eigenvalue weighted by molar-refractivity contribution is -0.121. The first-order valence-electron chi connectivity index (χ1n) is 10.4. The largest absolute Gasteiger partial charge is 0.497 e. The minimum Gasteiger partial charge on any atom is -0.497 e. The van der Waals surface area contributed by atoms with Gasteiger partial charge in [-0.3, -0.25) is 4.79 Å². The predicted octanol–water partition coefficient (Wildman–Crippen LogP) is 3.33. The summed E-state index contributed by atoms with van der Waals surface area (Å²) in [4.78, 5) is 17.3. The minimum atomic E-state index is -0.496. The number of hydrogen-bond donors (Lipinski definition) is 1. The van der Waals surface area contributed by atoms with E-state index in [0.717, 1.165) is 11.1 Å². The topological polar surface area (TPSA) is 104 Å². The minimum absolute atomic E-state index is 0.177. The molecule has 0 spiro atoms. The maximum absolute atomic E-state index is 12.9. The number of imidazole rings is 1. The monoisotopic (exact) mass is 447 g/mol. The Bertz CT molecular complexity index is 1200. The number of aromatic nitrogens is 4. The molecule has 0 saturated heterocycles. The Balaban J connectivity index is 1.50. The van der Waals surface area contributed by atoms with E-state index in [4.69, 9.17) is 13.9 Å². The van der Waals surface area contributed by atoms with Crippen molar-refractivity contribution in [2.24, 2.45) is 7.05 Å². The van der Waals surface area contributed by atoms with E-state index in [1.807, 2.05) is 60.3 Å². The molecule has 170 valence electrons. The molecule has 0 aliphatic heterocycles. The number of methoxy groups -OCH3 is 2. The highest BCUT2D eigenvalue weighted by Crippen LogP contribution is 2.29. The van der Waals surface area contributed by atoms with E-state index in [2.05, 4.69) is 20.5 Å². The van der Waals surface area contributed by atoms with E-state index >= 15 is 0 Å². The average Bonchev–Trinajstić information content (AvgIpc) is 3.50. The van der Waals surface area contributed by atoms with E-state index in [0.29, 0.717) is 35.5 Å². The summed E-state index contributed by atoms with van der Waals surface area (Å²) in [6.07, 6.45) is 4.02. The van der Waals surface area contributed by atoms with Crippen molar-refractivity contribution < 1.29 is 18.7 Å². The van der Waals surface area contributed by atoms with Crippen LogP contribution in [-0.2, 0) is 18.3 Å². The summed E-state index contributed by atoms with van der Waals surface area (Å²) in [5.74, 6) is 2.59. The summed E-state index contributed by atoms with van der Waals surface area (Å²) in [6, 6.07) is 14.5. The van der Waals surface area contributed by atoms with Crippen LogP contribution in [0.5, 0.6) is 11.5 Å². The highest BCUT2D eigenvalue weighted by Gasteiger charge is 2.23. The smallest absolute Gasteiger partial charge is 0.247 e. The van der Waals surface area contributed by atoms with E-state index in [9.17, 15) is 4.79 Å². The SMILES string of the molecule is COc1cc(OC)cc([C@@H](NC(=O)CCc2nnc(-c3ccccc3)o2)c2nccn2C)c1. The van der Waals surface area contributed by atoms with Crippen LogP contribution in [0.2, 0.25) is 0 Å². The van der Waals surface area contributed by atoms with Crippen molar-refractivity contribution in [3.63, 3.8) is 0 Å². The zero-order chi connectivity index (χ0) is 23.2. The third-order valence-electron chi connectivity index (χ3n) is 5.18. The van der Waals surface area contributed by atoms with E-state index < -0.39 is 6.04 Å². The van der Waals surface area contributed by atoms with Crippen molar-refractivity contribution in [1.82, 2.24) is 25.1 Å². The second-order valence-electron chi connectivity index (χ2n) is 7.41. The molecule has 33 heavy (non-hydrogen) atoms. The molecule has 0 aliphatic carbocycles. The molecule has 1 atom stereocenters. The summed E-state index contributed by atoms with van der Waals surface area (Å²) < 4.78 is 18.4. The highest BCUT2D eigenvalue weighted by atomic mass is 16.5. The molecular formula is C24H25N5O4. The van der Waals surface area contributed by atoms with Crippen LogP contribution >= 0.6 is 0 Å². The van der Waals surface area contributed by atoms with E-state index in [-0.39, 0.29) is 12.3 Å². The molecule has 0 aliphatic rings. The van der Waals surface area contributed by atoms with Crippen LogP contribution in [0.3, 0.4) is 0 Å². The Morgan fingerprint density at radius 2 is 1.82 bits per heavy atom. The Morgan fingerprint density at radius 3 is 2.45 bits per heavy atom. The first-order chi connectivity index (χ1) is 16.1. The molecular weight excluding hydrogens is 422 g/mol. The van der Waals surface area contributed by atoms with Gasteiger partial charge in [0.1, 0.15) is 23.4 Å². The van der Waals surface area contributed by atoms with Gasteiger partial charge in [-0.15, -0.1) is 10.2 Å². The molecule has 1 N–H and O–H groups in total. The third kappa shape index (κ3) is 5.20. The lowest BCUT2D eigenvalue weighted by Crippen LogP contribution is -2.31. The molecule has 0 saturated carbocycles. The molecule has 9 heteroatoms. The van der Waals surface area contributed by atoms with Crippen LogP contribution in [0.15, 0.2) is 65.3 Å². The quantitative estimate of drug-likeness (QED) is 0.420. The van der Waals surface area contributed by atoms with Gasteiger partial charge in [-0.05, 0) is 29.8 Å². The van der Waals surface area contributed by atoms with Crippen LogP contribution in [0, 0.1) is 0 Å². The van der Waals surface area contributed by atoms with Crippen molar-refractivity contribution in [3.8, 4) is 23.0 Å². The number of hydrogen-bond acceptors (Lipinski definition) is 7. The zero-order valence-corrected chi connectivity index (χ0v) is 18.7. The van der Waals surface area contributed by atoms with Gasteiger partial charge in [0.2, 0.25) is 17.7 Å².